The van der Waals surface area contributed by atoms with Gasteiger partial charge in [0.15, 0.2) is 0 Å². The highest BCUT2D eigenvalue weighted by atomic mass is 35.5. The van der Waals surface area contributed by atoms with Gasteiger partial charge in [-0.15, -0.1) is 12.4 Å². The van der Waals surface area contributed by atoms with Crippen molar-refractivity contribution in [2.45, 2.75) is 36.1 Å². The Bertz CT molecular complexity index is 774. The van der Waals surface area contributed by atoms with Gasteiger partial charge in [-0.3, -0.25) is 9.69 Å². The summed E-state index contributed by atoms with van der Waals surface area (Å²) < 4.78 is 5.35. The summed E-state index contributed by atoms with van der Waals surface area (Å²) in [6, 6.07) is 13.8. The van der Waals surface area contributed by atoms with E-state index in [0.717, 1.165) is 26.9 Å². The van der Waals surface area contributed by atoms with Crippen LogP contribution in [0.3, 0.4) is 0 Å². The minimum Gasteiger partial charge on any atom is -0.497 e. The first-order valence-corrected chi connectivity index (χ1v) is 8.73. The Balaban J connectivity index is 0.00000225. The number of nitrogens with one attached hydrogen (secondary N) is 1. The second-order valence-electron chi connectivity index (χ2n) is 6.74. The number of hydrogen-bond donors (Lipinski definition) is 1. The first-order valence-electron chi connectivity index (χ1n) is 7.92. The molecule has 0 fully saturated rings. The van der Waals surface area contributed by atoms with E-state index in [1.165, 1.54) is 0 Å². The molecule has 1 aliphatic heterocycles. The van der Waals surface area contributed by atoms with Crippen molar-refractivity contribution in [2.24, 2.45) is 0 Å². The van der Waals surface area contributed by atoms with Crippen LogP contribution in [0.4, 0.5) is 11.4 Å². The predicted molar refractivity (Wildman–Crippen MR) is 106 cm³/mol. The Morgan fingerprint density at radius 3 is 2.48 bits per heavy atom. The van der Waals surface area contributed by atoms with Crippen LogP contribution in [0, 0.1) is 0 Å². The number of fused-ring (bicyclic) bond motifs is 2. The Kier molecular flexibility index (Phi) is 6.03. The molecular weight excluding hydrogens is 356 g/mol. The fraction of sp³-hybridized carbons (Fsp3) is 0.316. The molecule has 6 heteroatoms. The van der Waals surface area contributed by atoms with Gasteiger partial charge in [0.1, 0.15) is 5.75 Å². The normalized spacial score (nSPS) is 12.7. The van der Waals surface area contributed by atoms with E-state index in [9.17, 15) is 4.79 Å². The van der Waals surface area contributed by atoms with Crippen LogP contribution in [0.15, 0.2) is 52.3 Å². The molecule has 134 valence electrons. The molecule has 0 saturated carbocycles. The second-order valence-corrected chi connectivity index (χ2v) is 7.82. The molecule has 0 radical (unpaired) electrons. The Morgan fingerprint density at radius 1 is 1.12 bits per heavy atom. The number of anilines is 2. The number of benzene rings is 2. The molecule has 0 aromatic heterocycles. The first-order chi connectivity index (χ1) is 11.4. The maximum absolute atomic E-state index is 13.0. The summed E-state index contributed by atoms with van der Waals surface area (Å²) in [4.78, 5) is 16.9. The first kappa shape index (κ1) is 19.6. The van der Waals surface area contributed by atoms with Crippen molar-refractivity contribution in [3.63, 3.8) is 0 Å². The van der Waals surface area contributed by atoms with Gasteiger partial charge in [-0.05, 0) is 45.0 Å². The number of carbonyl (C=O) groups is 1. The molecule has 2 aromatic rings. The van der Waals surface area contributed by atoms with Crippen LogP contribution in [-0.2, 0) is 4.79 Å². The van der Waals surface area contributed by atoms with E-state index < -0.39 is 0 Å². The summed E-state index contributed by atoms with van der Waals surface area (Å²) in [5, 5.41) is 3.28. The topological polar surface area (TPSA) is 41.6 Å². The van der Waals surface area contributed by atoms with E-state index in [-0.39, 0.29) is 30.4 Å². The molecule has 0 saturated heterocycles. The van der Waals surface area contributed by atoms with E-state index in [2.05, 4.69) is 26.1 Å². The van der Waals surface area contributed by atoms with E-state index in [1.807, 2.05) is 42.5 Å². The van der Waals surface area contributed by atoms with Crippen LogP contribution in [0.25, 0.3) is 0 Å². The lowest BCUT2D eigenvalue weighted by atomic mass is 10.1. The monoisotopic (exact) mass is 378 g/mol. The summed E-state index contributed by atoms with van der Waals surface area (Å²) >= 11 is 1.68. The summed E-state index contributed by atoms with van der Waals surface area (Å²) in [6.45, 7) is 6.44. The SMILES string of the molecule is COc1ccc2c(c1)N(C(=O)CNC(C)(C)C)c1ccccc1S2.Cl. The number of rotatable bonds is 3. The number of nitrogens with zero attached hydrogens (tertiary/aromatic N) is 1. The van der Waals surface area contributed by atoms with Gasteiger partial charge >= 0.3 is 0 Å². The third-order valence-corrected chi connectivity index (χ3v) is 4.88. The number of carbonyl (C=O) groups excluding carboxylic acids is 1. The summed E-state index contributed by atoms with van der Waals surface area (Å²) in [5.41, 5.74) is 1.68. The second kappa shape index (κ2) is 7.68. The predicted octanol–water partition coefficient (Wildman–Crippen LogP) is 4.63. The highest BCUT2D eigenvalue weighted by Crippen LogP contribution is 2.49. The lowest BCUT2D eigenvalue weighted by molar-refractivity contribution is -0.117. The average Bonchev–Trinajstić information content (AvgIpc) is 2.56. The van der Waals surface area contributed by atoms with Gasteiger partial charge in [0, 0.05) is 21.4 Å². The molecule has 0 atom stereocenters. The molecule has 4 nitrogen and oxygen atoms in total. The molecule has 1 N–H and O–H groups in total. The largest absolute Gasteiger partial charge is 0.497 e. The number of amides is 1. The lowest BCUT2D eigenvalue weighted by Gasteiger charge is -2.32. The van der Waals surface area contributed by atoms with Crippen molar-refractivity contribution >= 4 is 41.5 Å². The van der Waals surface area contributed by atoms with E-state index >= 15 is 0 Å². The van der Waals surface area contributed by atoms with Crippen LogP contribution in [0.5, 0.6) is 5.75 Å². The molecule has 0 aliphatic carbocycles. The van der Waals surface area contributed by atoms with E-state index in [4.69, 9.17) is 4.74 Å². The average molecular weight is 379 g/mol. The number of hydrogen-bond acceptors (Lipinski definition) is 4. The standard InChI is InChI=1S/C19H22N2O2S.ClH/c1-19(2,3)20-12-18(22)21-14-7-5-6-8-16(14)24-17-10-9-13(23-4)11-15(17)21;/h5-11,20H,12H2,1-4H3;1H. The highest BCUT2D eigenvalue weighted by Gasteiger charge is 2.29. The van der Waals surface area contributed by atoms with Gasteiger partial charge in [-0.2, -0.15) is 0 Å². The molecule has 25 heavy (non-hydrogen) atoms. The molecule has 3 rings (SSSR count). The van der Waals surface area contributed by atoms with Crippen molar-refractivity contribution < 1.29 is 9.53 Å². The number of ether oxygens (including phenoxy) is 1. The molecule has 0 unspecified atom stereocenters. The van der Waals surface area contributed by atoms with Gasteiger partial charge in [-0.25, -0.2) is 0 Å². The Morgan fingerprint density at radius 2 is 1.80 bits per heavy atom. The van der Waals surface area contributed by atoms with Crippen molar-refractivity contribution in [1.29, 1.82) is 0 Å². The quantitative estimate of drug-likeness (QED) is 0.845. The minimum absolute atomic E-state index is 0. The minimum atomic E-state index is -0.114. The fourth-order valence-corrected chi connectivity index (χ4v) is 3.59. The lowest BCUT2D eigenvalue weighted by Crippen LogP contribution is -2.44. The molecule has 1 aliphatic rings. The van der Waals surface area contributed by atoms with Gasteiger partial charge < -0.3 is 10.1 Å². The van der Waals surface area contributed by atoms with Gasteiger partial charge in [0.25, 0.3) is 0 Å². The molecule has 1 heterocycles. The van der Waals surface area contributed by atoms with Crippen LogP contribution in [-0.4, -0.2) is 25.1 Å². The molecular formula is C19H23ClN2O2S. The van der Waals surface area contributed by atoms with Crippen molar-refractivity contribution in [3.05, 3.63) is 42.5 Å². The van der Waals surface area contributed by atoms with Crippen LogP contribution in [0.2, 0.25) is 0 Å². The summed E-state index contributed by atoms with van der Waals surface area (Å²) in [5.74, 6) is 0.766. The number of halogens is 1. The molecule has 2 aromatic carbocycles. The Labute approximate surface area is 159 Å². The van der Waals surface area contributed by atoms with Crippen LogP contribution >= 0.6 is 24.2 Å². The van der Waals surface area contributed by atoms with Gasteiger partial charge in [0.05, 0.1) is 25.0 Å². The van der Waals surface area contributed by atoms with Crippen molar-refractivity contribution in [2.75, 3.05) is 18.6 Å². The highest BCUT2D eigenvalue weighted by molar-refractivity contribution is 7.99. The Hall–Kier alpha value is -1.69. The smallest absolute Gasteiger partial charge is 0.245 e. The number of para-hydroxylation sites is 1. The van der Waals surface area contributed by atoms with Gasteiger partial charge in [-0.1, -0.05) is 23.9 Å². The zero-order valence-electron chi connectivity index (χ0n) is 14.8. The zero-order chi connectivity index (χ0) is 17.3. The van der Waals surface area contributed by atoms with Gasteiger partial charge in [0.2, 0.25) is 5.91 Å². The fourth-order valence-electron chi connectivity index (χ4n) is 2.55. The molecule has 1 amide bonds. The number of methoxy groups -OCH3 is 1. The van der Waals surface area contributed by atoms with Crippen LogP contribution in [0.1, 0.15) is 20.8 Å². The van der Waals surface area contributed by atoms with Crippen molar-refractivity contribution in [1.82, 2.24) is 5.32 Å². The summed E-state index contributed by atoms with van der Waals surface area (Å²) in [7, 11) is 1.64. The summed E-state index contributed by atoms with van der Waals surface area (Å²) in [6.07, 6.45) is 0. The molecule has 0 spiro atoms. The maximum Gasteiger partial charge on any atom is 0.245 e. The van der Waals surface area contributed by atoms with Crippen LogP contribution < -0.4 is 15.0 Å². The molecule has 0 bridgehead atoms. The van der Waals surface area contributed by atoms with E-state index in [0.29, 0.717) is 0 Å². The third kappa shape index (κ3) is 4.29. The zero-order valence-corrected chi connectivity index (χ0v) is 16.5. The van der Waals surface area contributed by atoms with Crippen molar-refractivity contribution in [3.8, 4) is 5.75 Å². The van der Waals surface area contributed by atoms with E-state index in [1.54, 1.807) is 23.8 Å². The third-order valence-electron chi connectivity index (χ3n) is 3.75. The maximum atomic E-state index is 13.0.